The van der Waals surface area contributed by atoms with Crippen LogP contribution in [0.4, 0.5) is 4.79 Å². The Morgan fingerprint density at radius 3 is 2.50 bits per heavy atom. The van der Waals surface area contributed by atoms with Crippen molar-refractivity contribution in [3.63, 3.8) is 0 Å². The zero-order chi connectivity index (χ0) is 20.7. The lowest BCUT2D eigenvalue weighted by atomic mass is 10.0. The molecular formula is C22H19N3O5. The van der Waals surface area contributed by atoms with Gasteiger partial charge in [0.2, 0.25) is 0 Å². The largest absolute Gasteiger partial charge is 0.439 e. The van der Waals surface area contributed by atoms with Gasteiger partial charge in [-0.25, -0.2) is 9.69 Å². The van der Waals surface area contributed by atoms with E-state index in [0.717, 1.165) is 10.9 Å². The van der Waals surface area contributed by atoms with Crippen LogP contribution in [0.5, 0.6) is 0 Å². The third kappa shape index (κ3) is 3.10. The molecule has 5 rings (SSSR count). The summed E-state index contributed by atoms with van der Waals surface area (Å²) >= 11 is 0. The smallest absolute Gasteiger partial charge is 0.417 e. The Morgan fingerprint density at radius 1 is 1.03 bits per heavy atom. The van der Waals surface area contributed by atoms with Crippen LogP contribution in [0.2, 0.25) is 0 Å². The number of nitrogens with zero attached hydrogens (tertiary/aromatic N) is 3. The minimum Gasteiger partial charge on any atom is -0.439 e. The van der Waals surface area contributed by atoms with Gasteiger partial charge in [-0.1, -0.05) is 35.5 Å². The second kappa shape index (κ2) is 7.29. The zero-order valence-corrected chi connectivity index (χ0v) is 16.1. The topological polar surface area (TPSA) is 93.0 Å². The van der Waals surface area contributed by atoms with Crippen LogP contribution >= 0.6 is 0 Å². The number of imide groups is 1. The molecule has 0 bridgehead atoms. The Bertz CT molecular complexity index is 1120. The normalized spacial score (nSPS) is 17.6. The van der Waals surface area contributed by atoms with E-state index in [1.807, 2.05) is 36.4 Å². The molecule has 0 N–H and O–H groups in total. The van der Waals surface area contributed by atoms with E-state index < -0.39 is 6.09 Å². The number of carbonyl (C=O) groups is 3. The van der Waals surface area contributed by atoms with Crippen molar-refractivity contribution in [2.75, 3.05) is 19.7 Å². The van der Waals surface area contributed by atoms with E-state index in [4.69, 9.17) is 9.26 Å². The van der Waals surface area contributed by atoms with Crippen LogP contribution in [0.3, 0.4) is 0 Å². The molecule has 3 amide bonds. The molecule has 0 unspecified atom stereocenters. The molecule has 8 nitrogen and oxygen atoms in total. The van der Waals surface area contributed by atoms with Gasteiger partial charge in [-0.15, -0.1) is 0 Å². The summed E-state index contributed by atoms with van der Waals surface area (Å²) in [4.78, 5) is 39.6. The predicted octanol–water partition coefficient (Wildman–Crippen LogP) is 3.08. The van der Waals surface area contributed by atoms with E-state index in [9.17, 15) is 14.4 Å². The fourth-order valence-corrected chi connectivity index (χ4v) is 4.10. The lowest BCUT2D eigenvalue weighted by molar-refractivity contribution is -0.127. The van der Waals surface area contributed by atoms with Crippen molar-refractivity contribution in [3.05, 3.63) is 54.1 Å². The Balaban J connectivity index is 1.34. The highest BCUT2D eigenvalue weighted by molar-refractivity contribution is 6.01. The summed E-state index contributed by atoms with van der Waals surface area (Å²) in [5, 5.41) is 4.88. The lowest BCUT2D eigenvalue weighted by Gasteiger charge is -2.34. The molecule has 2 fully saturated rings. The van der Waals surface area contributed by atoms with Crippen LogP contribution in [0, 0.1) is 0 Å². The van der Waals surface area contributed by atoms with Crippen molar-refractivity contribution in [2.24, 2.45) is 0 Å². The molecule has 2 saturated heterocycles. The molecule has 1 aromatic heterocycles. The highest BCUT2D eigenvalue weighted by Gasteiger charge is 2.39. The number of amides is 3. The van der Waals surface area contributed by atoms with Gasteiger partial charge < -0.3 is 14.2 Å². The molecule has 3 aromatic rings. The summed E-state index contributed by atoms with van der Waals surface area (Å²) in [5.74, 6) is 0.229. The first-order valence-electron chi connectivity index (χ1n) is 9.85. The first-order chi connectivity index (χ1) is 14.6. The van der Waals surface area contributed by atoms with Gasteiger partial charge in [0.05, 0.1) is 5.39 Å². The Labute approximate surface area is 172 Å². The molecular weight excluding hydrogens is 386 g/mol. The number of piperidine rings is 1. The zero-order valence-electron chi connectivity index (χ0n) is 16.1. The number of ether oxygens (including phenoxy) is 1. The van der Waals surface area contributed by atoms with Crippen molar-refractivity contribution in [3.8, 4) is 11.3 Å². The van der Waals surface area contributed by atoms with Crippen LogP contribution in [-0.4, -0.2) is 58.6 Å². The van der Waals surface area contributed by atoms with Crippen molar-refractivity contribution >= 4 is 28.8 Å². The van der Waals surface area contributed by atoms with Gasteiger partial charge in [0.15, 0.2) is 12.4 Å². The van der Waals surface area contributed by atoms with Gasteiger partial charge in [-0.3, -0.25) is 9.59 Å². The maximum atomic E-state index is 13.1. The lowest BCUT2D eigenvalue weighted by Crippen LogP contribution is -2.48. The average Bonchev–Trinajstić information content (AvgIpc) is 3.36. The molecule has 0 aliphatic carbocycles. The van der Waals surface area contributed by atoms with E-state index in [2.05, 4.69) is 5.16 Å². The highest BCUT2D eigenvalue weighted by Crippen LogP contribution is 2.30. The molecule has 0 radical (unpaired) electrons. The summed E-state index contributed by atoms with van der Waals surface area (Å²) in [5.41, 5.74) is 2.14. The standard InChI is InChI=1S/C22H19N3O5/c26-19-13-29-22(28)25(19)16-8-10-24(11-9-16)21(27)15-6-7-18-17(12-15)20(30-23-18)14-4-2-1-3-5-14/h1-7,12,16H,8-11,13H2. The molecule has 2 aromatic carbocycles. The van der Waals surface area contributed by atoms with Crippen molar-refractivity contribution < 1.29 is 23.6 Å². The summed E-state index contributed by atoms with van der Waals surface area (Å²) in [7, 11) is 0. The van der Waals surface area contributed by atoms with Crippen LogP contribution in [0.1, 0.15) is 23.2 Å². The third-order valence-corrected chi connectivity index (χ3v) is 5.66. The Kier molecular flexibility index (Phi) is 4.46. The van der Waals surface area contributed by atoms with E-state index >= 15 is 0 Å². The van der Waals surface area contributed by atoms with Crippen LogP contribution in [-0.2, 0) is 9.53 Å². The minimum absolute atomic E-state index is 0.0918. The molecule has 0 spiro atoms. The average molecular weight is 405 g/mol. The first kappa shape index (κ1) is 18.4. The van der Waals surface area contributed by atoms with Crippen LogP contribution < -0.4 is 0 Å². The predicted molar refractivity (Wildman–Crippen MR) is 107 cm³/mol. The summed E-state index contributed by atoms with van der Waals surface area (Å²) in [6, 6.07) is 14.8. The molecule has 2 aliphatic heterocycles. The number of benzene rings is 2. The number of aromatic nitrogens is 1. The Morgan fingerprint density at radius 2 is 1.80 bits per heavy atom. The molecule has 152 valence electrons. The highest BCUT2D eigenvalue weighted by atomic mass is 16.6. The Hall–Kier alpha value is -3.68. The van der Waals surface area contributed by atoms with Crippen molar-refractivity contribution in [2.45, 2.75) is 18.9 Å². The number of cyclic esters (lactones) is 1. The van der Waals surface area contributed by atoms with Gasteiger partial charge in [0.1, 0.15) is 5.52 Å². The van der Waals surface area contributed by atoms with Crippen molar-refractivity contribution in [1.29, 1.82) is 0 Å². The molecule has 0 saturated carbocycles. The second-order valence-corrected chi connectivity index (χ2v) is 7.45. The van der Waals surface area contributed by atoms with Gasteiger partial charge in [0, 0.05) is 30.3 Å². The third-order valence-electron chi connectivity index (χ3n) is 5.66. The number of carbonyl (C=O) groups excluding carboxylic acids is 3. The maximum Gasteiger partial charge on any atom is 0.417 e. The fraction of sp³-hybridized carbons (Fsp3) is 0.273. The van der Waals surface area contributed by atoms with Crippen LogP contribution in [0.25, 0.3) is 22.2 Å². The summed E-state index contributed by atoms with van der Waals surface area (Å²) in [6.07, 6.45) is 0.491. The van der Waals surface area contributed by atoms with E-state index in [1.54, 1.807) is 17.0 Å². The van der Waals surface area contributed by atoms with E-state index in [1.165, 1.54) is 4.90 Å². The monoisotopic (exact) mass is 405 g/mol. The molecule has 2 aliphatic rings. The SMILES string of the molecule is O=C(c1ccc2noc(-c3ccccc3)c2c1)N1CCC(N2C(=O)COC2=O)CC1. The molecule has 3 heterocycles. The molecule has 0 atom stereocenters. The van der Waals surface area contributed by atoms with Gasteiger partial charge in [0.25, 0.3) is 11.8 Å². The minimum atomic E-state index is -0.587. The fourth-order valence-electron chi connectivity index (χ4n) is 4.10. The summed E-state index contributed by atoms with van der Waals surface area (Å²) < 4.78 is 10.3. The van der Waals surface area contributed by atoms with Gasteiger partial charge >= 0.3 is 6.09 Å². The van der Waals surface area contributed by atoms with Gasteiger partial charge in [-0.05, 0) is 31.0 Å². The first-order valence-corrected chi connectivity index (χ1v) is 9.85. The number of rotatable bonds is 3. The quantitative estimate of drug-likeness (QED) is 0.665. The second-order valence-electron chi connectivity index (χ2n) is 7.45. The van der Waals surface area contributed by atoms with Crippen molar-refractivity contribution in [1.82, 2.24) is 15.0 Å². The number of likely N-dealkylation sites (tertiary alicyclic amines) is 1. The number of hydrogen-bond donors (Lipinski definition) is 0. The molecule has 30 heavy (non-hydrogen) atoms. The maximum absolute atomic E-state index is 13.1. The van der Waals surface area contributed by atoms with E-state index in [0.29, 0.717) is 42.8 Å². The molecule has 8 heteroatoms. The number of hydrogen-bond acceptors (Lipinski definition) is 6. The summed E-state index contributed by atoms with van der Waals surface area (Å²) in [6.45, 7) is 0.738. The van der Waals surface area contributed by atoms with E-state index in [-0.39, 0.29) is 24.5 Å². The number of fused-ring (bicyclic) bond motifs is 1. The van der Waals surface area contributed by atoms with Gasteiger partial charge in [-0.2, -0.15) is 0 Å². The van der Waals surface area contributed by atoms with Crippen LogP contribution in [0.15, 0.2) is 53.1 Å².